The zero-order chi connectivity index (χ0) is 29.9. The van der Waals surface area contributed by atoms with Gasteiger partial charge in [0.2, 0.25) is 0 Å². The Hall–Kier alpha value is -3.94. The van der Waals surface area contributed by atoms with Gasteiger partial charge in [0.25, 0.3) is 26.1 Å². The molecular formula is C24H19N3O11S3. The van der Waals surface area contributed by atoms with Crippen molar-refractivity contribution in [1.29, 1.82) is 0 Å². The van der Waals surface area contributed by atoms with Crippen LogP contribution in [-0.4, -0.2) is 42.2 Å². The number of carbonyl (C=O) groups is 1. The Morgan fingerprint density at radius 3 is 2.27 bits per heavy atom. The lowest BCUT2D eigenvalue weighted by atomic mass is 10.1. The number of azo groups is 1. The van der Waals surface area contributed by atoms with E-state index in [1.165, 1.54) is 30.3 Å². The number of nitrogens with zero attached hydrogens (tertiary/aromatic N) is 2. The third-order valence-electron chi connectivity index (χ3n) is 5.51. The summed E-state index contributed by atoms with van der Waals surface area (Å²) in [4.78, 5) is 11.6. The molecule has 0 radical (unpaired) electrons. The second-order valence-corrected chi connectivity index (χ2v) is 11.9. The number of aryl methyl sites for hydroxylation is 1. The summed E-state index contributed by atoms with van der Waals surface area (Å²) in [5.41, 5.74) is -0.260. The van der Waals surface area contributed by atoms with Gasteiger partial charge in [0.05, 0.1) is 27.5 Å². The quantitative estimate of drug-likeness (QED) is 0.0518. The average molecular weight is 622 g/mol. The topological polar surface area (TPSA) is 221 Å². The number of phenolic OH excluding ortho intramolecular Hbond substituents is 1. The Labute approximate surface area is 236 Å². The molecule has 0 aromatic heterocycles. The van der Waals surface area contributed by atoms with E-state index in [-0.39, 0.29) is 32.6 Å². The first kappa shape index (κ1) is 30.0. The van der Waals surface area contributed by atoms with Gasteiger partial charge in [-0.3, -0.25) is 13.9 Å². The van der Waals surface area contributed by atoms with Crippen molar-refractivity contribution in [2.45, 2.75) is 21.6 Å². The van der Waals surface area contributed by atoms with Gasteiger partial charge < -0.3 is 10.4 Å². The van der Waals surface area contributed by atoms with Crippen LogP contribution in [0.1, 0.15) is 15.9 Å². The second-order valence-electron chi connectivity index (χ2n) is 8.31. The van der Waals surface area contributed by atoms with Gasteiger partial charge >= 0.3 is 0 Å². The van der Waals surface area contributed by atoms with Crippen LogP contribution in [0.5, 0.6) is 5.75 Å². The number of fused-ring (bicyclic) bond motifs is 1. The van der Waals surface area contributed by atoms with Gasteiger partial charge in [-0.2, -0.15) is 16.8 Å². The van der Waals surface area contributed by atoms with E-state index in [0.717, 1.165) is 18.2 Å². The summed E-state index contributed by atoms with van der Waals surface area (Å²) in [6, 6.07) is 14.8. The summed E-state index contributed by atoms with van der Waals surface area (Å²) in [6.07, 6.45) is 0. The Morgan fingerprint density at radius 2 is 1.63 bits per heavy atom. The highest BCUT2D eigenvalue weighted by atomic mass is 32.2. The van der Waals surface area contributed by atoms with Crippen LogP contribution in [0, 0.1) is 6.92 Å². The fraction of sp³-hybridized carbons (Fsp3) is 0.0417. The van der Waals surface area contributed by atoms with Crippen LogP contribution < -0.4 is 5.32 Å². The Kier molecular flexibility index (Phi) is 8.71. The molecule has 5 N–H and O–H groups in total. The molecule has 0 heterocycles. The van der Waals surface area contributed by atoms with Gasteiger partial charge in [0, 0.05) is 10.9 Å². The monoisotopic (exact) mass is 621 g/mol. The van der Waals surface area contributed by atoms with Crippen molar-refractivity contribution in [1.82, 2.24) is 0 Å². The van der Waals surface area contributed by atoms with Crippen LogP contribution in [-0.2, 0) is 29.6 Å². The van der Waals surface area contributed by atoms with Crippen LogP contribution in [0.3, 0.4) is 0 Å². The highest BCUT2D eigenvalue weighted by Crippen LogP contribution is 2.47. The molecule has 0 aliphatic heterocycles. The third-order valence-corrected chi connectivity index (χ3v) is 7.84. The number of nitrogens with one attached hydrogen (secondary N) is 1. The van der Waals surface area contributed by atoms with Crippen LogP contribution in [0.4, 0.5) is 17.1 Å². The number of amides is 1. The lowest BCUT2D eigenvalue weighted by Gasteiger charge is -2.15. The van der Waals surface area contributed by atoms with Crippen LogP contribution in [0.15, 0.2) is 91.6 Å². The predicted octanol–water partition coefficient (Wildman–Crippen LogP) is 5.44. The van der Waals surface area contributed by atoms with E-state index in [4.69, 9.17) is 5.26 Å². The average Bonchev–Trinajstić information content (AvgIpc) is 2.91. The minimum atomic E-state index is -4.80. The molecule has 14 nitrogen and oxygen atoms in total. The molecule has 0 unspecified atom stereocenters. The maximum Gasteiger partial charge on any atom is 0.296 e. The number of phenols is 1. The summed E-state index contributed by atoms with van der Waals surface area (Å²) in [6.45, 7) is 1.58. The van der Waals surface area contributed by atoms with E-state index in [9.17, 15) is 35.8 Å². The Bertz CT molecular complexity index is 1900. The first-order chi connectivity index (χ1) is 19.3. The molecule has 41 heavy (non-hydrogen) atoms. The highest BCUT2D eigenvalue weighted by molar-refractivity contribution is 7.94. The molecule has 0 fully saturated rings. The van der Waals surface area contributed by atoms with Crippen LogP contribution >= 0.6 is 12.0 Å². The van der Waals surface area contributed by atoms with Crippen molar-refractivity contribution in [2.75, 3.05) is 5.32 Å². The summed E-state index contributed by atoms with van der Waals surface area (Å²) in [5, 5.41) is 33.6. The summed E-state index contributed by atoms with van der Waals surface area (Å²) in [7, 11) is -9.52. The van der Waals surface area contributed by atoms with Crippen molar-refractivity contribution in [3.8, 4) is 5.75 Å². The number of hydrogen-bond donors (Lipinski definition) is 5. The molecule has 0 atom stereocenters. The first-order valence-corrected chi connectivity index (χ1v) is 14.7. The number of carbonyl (C=O) groups excluding carboxylic acids is 1. The summed E-state index contributed by atoms with van der Waals surface area (Å²) < 4.78 is 71.5. The molecule has 0 bridgehead atoms. The standard InChI is InChI=1S/C24H19N3O11S3/c1-13-7-8-17(20(9-13)41(34,35)36)26-27-22-19(39-38-37-30)11-15-10-16(40(31,32)33)12-18(21(15)23(22)28)25-24(29)14-5-3-2-4-6-14/h2-12,28,30H,1H3,(H,25,29)(H,31,32,33)(H,34,35,36). The molecule has 0 saturated heterocycles. The fourth-order valence-electron chi connectivity index (χ4n) is 3.72. The highest BCUT2D eigenvalue weighted by Gasteiger charge is 2.23. The van der Waals surface area contributed by atoms with Crippen LogP contribution in [0.2, 0.25) is 0 Å². The van der Waals surface area contributed by atoms with E-state index in [0.29, 0.717) is 17.6 Å². The smallest absolute Gasteiger partial charge is 0.296 e. The van der Waals surface area contributed by atoms with Crippen molar-refractivity contribution < 1.29 is 50.5 Å². The lowest BCUT2D eigenvalue weighted by Crippen LogP contribution is -2.13. The molecule has 0 aliphatic rings. The van der Waals surface area contributed by atoms with Gasteiger partial charge in [0.1, 0.15) is 16.3 Å². The van der Waals surface area contributed by atoms with E-state index < -0.39 is 47.4 Å². The van der Waals surface area contributed by atoms with Gasteiger partial charge in [0.15, 0.2) is 5.75 Å². The Balaban J connectivity index is 1.97. The molecule has 0 spiro atoms. The van der Waals surface area contributed by atoms with E-state index in [1.54, 1.807) is 25.1 Å². The number of benzene rings is 4. The van der Waals surface area contributed by atoms with Gasteiger partial charge in [-0.05, 0) is 60.3 Å². The van der Waals surface area contributed by atoms with Crippen molar-refractivity contribution in [2.24, 2.45) is 10.2 Å². The van der Waals surface area contributed by atoms with Crippen LogP contribution in [0.25, 0.3) is 10.8 Å². The maximum absolute atomic E-state index is 12.9. The van der Waals surface area contributed by atoms with E-state index in [1.807, 2.05) is 0 Å². The molecule has 0 saturated carbocycles. The maximum atomic E-state index is 12.9. The van der Waals surface area contributed by atoms with Crippen molar-refractivity contribution in [3.63, 3.8) is 0 Å². The predicted molar refractivity (Wildman–Crippen MR) is 146 cm³/mol. The number of rotatable bonds is 9. The molecular weight excluding hydrogens is 602 g/mol. The van der Waals surface area contributed by atoms with Gasteiger partial charge in [-0.15, -0.1) is 14.6 Å². The van der Waals surface area contributed by atoms with E-state index >= 15 is 0 Å². The van der Waals surface area contributed by atoms with E-state index in [2.05, 4.69) is 24.9 Å². The lowest BCUT2D eigenvalue weighted by molar-refractivity contribution is -0.432. The first-order valence-electron chi connectivity index (χ1n) is 11.1. The number of aromatic hydroxyl groups is 1. The minimum absolute atomic E-state index is 0.0436. The summed E-state index contributed by atoms with van der Waals surface area (Å²) in [5.74, 6) is -1.38. The molecule has 17 heteroatoms. The molecule has 1 amide bonds. The normalized spacial score (nSPS) is 12.2. The number of anilines is 1. The summed E-state index contributed by atoms with van der Waals surface area (Å²) >= 11 is 0.300. The minimum Gasteiger partial charge on any atom is -0.505 e. The third kappa shape index (κ3) is 6.87. The Morgan fingerprint density at radius 1 is 0.927 bits per heavy atom. The zero-order valence-corrected chi connectivity index (χ0v) is 23.1. The van der Waals surface area contributed by atoms with Crippen molar-refractivity contribution >= 4 is 66.0 Å². The molecule has 0 aliphatic carbocycles. The van der Waals surface area contributed by atoms with Crippen molar-refractivity contribution in [3.05, 3.63) is 77.9 Å². The fourth-order valence-corrected chi connectivity index (χ4v) is 5.46. The second kappa shape index (κ2) is 11.9. The number of hydrogen-bond acceptors (Lipinski definition) is 12. The molecule has 4 aromatic rings. The van der Waals surface area contributed by atoms with Gasteiger partial charge in [-0.25, -0.2) is 5.26 Å². The molecule has 4 aromatic carbocycles. The molecule has 4 rings (SSSR count). The van der Waals surface area contributed by atoms with Gasteiger partial charge in [-0.1, -0.05) is 29.3 Å². The largest absolute Gasteiger partial charge is 0.505 e. The zero-order valence-electron chi connectivity index (χ0n) is 20.6. The molecule has 214 valence electrons. The SMILES string of the molecule is Cc1ccc(N=Nc2c(SOOO)cc3cc(S(=O)(=O)O)cc(NC(=O)c4ccccc4)c3c2O)c(S(=O)(=O)O)c1.